The fourth-order valence-corrected chi connectivity index (χ4v) is 2.54. The minimum atomic E-state index is -0.686. The predicted octanol–water partition coefficient (Wildman–Crippen LogP) is 2.48. The van der Waals surface area contributed by atoms with Crippen molar-refractivity contribution >= 4 is 18.3 Å². The van der Waals surface area contributed by atoms with E-state index in [1.165, 1.54) is 12.1 Å². The Morgan fingerprint density at radius 1 is 1.32 bits per heavy atom. The second-order valence-electron chi connectivity index (χ2n) is 5.15. The first kappa shape index (κ1) is 15.9. The summed E-state index contributed by atoms with van der Waals surface area (Å²) in [5.74, 6) is -0.275. The summed E-state index contributed by atoms with van der Waals surface area (Å²) in [7, 11) is 1.75. The Balaban J connectivity index is 0.00000180. The van der Waals surface area contributed by atoms with Crippen molar-refractivity contribution < 1.29 is 9.18 Å². The molecule has 1 aliphatic rings. The minimum absolute atomic E-state index is 0. The highest BCUT2D eigenvalue weighted by molar-refractivity contribution is 5.86. The molecule has 0 saturated heterocycles. The van der Waals surface area contributed by atoms with Gasteiger partial charge in [-0.1, -0.05) is 25.0 Å². The van der Waals surface area contributed by atoms with E-state index in [4.69, 9.17) is 5.73 Å². The van der Waals surface area contributed by atoms with Crippen molar-refractivity contribution in [3.8, 4) is 0 Å². The molecule has 1 amide bonds. The number of amides is 1. The molecule has 0 spiro atoms. The van der Waals surface area contributed by atoms with E-state index in [1.54, 1.807) is 24.1 Å². The molecule has 1 saturated carbocycles. The number of rotatable bonds is 3. The highest BCUT2D eigenvalue weighted by Crippen LogP contribution is 2.29. The molecule has 0 heterocycles. The summed E-state index contributed by atoms with van der Waals surface area (Å²) in [5, 5.41) is 0. The Hall–Kier alpha value is -1.13. The van der Waals surface area contributed by atoms with Gasteiger partial charge in [-0.05, 0) is 30.5 Å². The zero-order valence-corrected chi connectivity index (χ0v) is 11.9. The Morgan fingerprint density at radius 2 is 1.84 bits per heavy atom. The molecule has 1 aromatic carbocycles. The van der Waals surface area contributed by atoms with Gasteiger partial charge in [-0.25, -0.2) is 4.39 Å². The standard InChI is InChI=1S/C14H19FN2O.ClH/c1-17(10-11-4-6-12(15)7-5-11)13(18)14(16)8-2-3-9-14;/h4-7H,2-3,8-10,16H2,1H3;1H. The van der Waals surface area contributed by atoms with Crippen molar-refractivity contribution in [1.82, 2.24) is 4.90 Å². The number of carbonyl (C=O) groups is 1. The molecular formula is C14H20ClFN2O. The molecule has 0 radical (unpaired) electrons. The fraction of sp³-hybridized carbons (Fsp3) is 0.500. The number of carbonyl (C=O) groups excluding carboxylic acids is 1. The van der Waals surface area contributed by atoms with Crippen LogP contribution in [0.5, 0.6) is 0 Å². The molecule has 0 aliphatic heterocycles. The first-order chi connectivity index (χ1) is 8.51. The molecule has 0 aromatic heterocycles. The van der Waals surface area contributed by atoms with Gasteiger partial charge in [0, 0.05) is 13.6 Å². The Kier molecular flexibility index (Phi) is 5.32. The number of hydrogen-bond acceptors (Lipinski definition) is 2. The average Bonchev–Trinajstić information content (AvgIpc) is 2.79. The lowest BCUT2D eigenvalue weighted by Crippen LogP contribution is -2.52. The molecule has 5 heteroatoms. The van der Waals surface area contributed by atoms with Crippen molar-refractivity contribution in [3.05, 3.63) is 35.6 Å². The van der Waals surface area contributed by atoms with Crippen LogP contribution < -0.4 is 5.73 Å². The van der Waals surface area contributed by atoms with Crippen molar-refractivity contribution in [2.75, 3.05) is 7.05 Å². The van der Waals surface area contributed by atoms with E-state index in [1.807, 2.05) is 0 Å². The number of nitrogens with zero attached hydrogens (tertiary/aromatic N) is 1. The van der Waals surface area contributed by atoms with E-state index in [-0.39, 0.29) is 24.1 Å². The number of benzene rings is 1. The van der Waals surface area contributed by atoms with Crippen molar-refractivity contribution in [1.29, 1.82) is 0 Å². The zero-order chi connectivity index (χ0) is 13.2. The maximum absolute atomic E-state index is 12.8. The van der Waals surface area contributed by atoms with Crippen LogP contribution in [0.4, 0.5) is 4.39 Å². The Morgan fingerprint density at radius 3 is 2.37 bits per heavy atom. The molecular weight excluding hydrogens is 267 g/mol. The first-order valence-corrected chi connectivity index (χ1v) is 6.30. The smallest absolute Gasteiger partial charge is 0.242 e. The van der Waals surface area contributed by atoms with Crippen LogP contribution in [0.1, 0.15) is 31.2 Å². The van der Waals surface area contributed by atoms with E-state index >= 15 is 0 Å². The lowest BCUT2D eigenvalue weighted by molar-refractivity contribution is -0.136. The second kappa shape index (κ2) is 6.35. The second-order valence-corrected chi connectivity index (χ2v) is 5.15. The Bertz CT molecular complexity index is 430. The quantitative estimate of drug-likeness (QED) is 0.928. The number of halogens is 2. The third-order valence-corrected chi connectivity index (χ3v) is 3.60. The molecule has 0 bridgehead atoms. The van der Waals surface area contributed by atoms with E-state index in [9.17, 15) is 9.18 Å². The van der Waals surface area contributed by atoms with Gasteiger partial charge in [0.1, 0.15) is 5.82 Å². The lowest BCUT2D eigenvalue weighted by Gasteiger charge is -2.28. The summed E-state index contributed by atoms with van der Waals surface area (Å²) in [4.78, 5) is 13.9. The molecule has 19 heavy (non-hydrogen) atoms. The summed E-state index contributed by atoms with van der Waals surface area (Å²) in [6, 6.07) is 6.19. The van der Waals surface area contributed by atoms with Crippen molar-refractivity contribution in [3.63, 3.8) is 0 Å². The molecule has 1 aliphatic carbocycles. The van der Waals surface area contributed by atoms with Crippen molar-refractivity contribution in [2.45, 2.75) is 37.8 Å². The van der Waals surface area contributed by atoms with Gasteiger partial charge >= 0.3 is 0 Å². The van der Waals surface area contributed by atoms with Crippen LogP contribution in [0.25, 0.3) is 0 Å². The third-order valence-electron chi connectivity index (χ3n) is 3.60. The van der Waals surface area contributed by atoms with Crippen LogP contribution >= 0.6 is 12.4 Å². The van der Waals surface area contributed by atoms with Crippen LogP contribution in [0, 0.1) is 5.82 Å². The number of hydrogen-bond donors (Lipinski definition) is 1. The van der Waals surface area contributed by atoms with Crippen molar-refractivity contribution in [2.24, 2.45) is 5.73 Å². The Labute approximate surface area is 119 Å². The summed E-state index contributed by atoms with van der Waals surface area (Å²) < 4.78 is 12.8. The maximum atomic E-state index is 12.8. The van der Waals surface area contributed by atoms with Crippen LogP contribution in [0.15, 0.2) is 24.3 Å². The normalized spacial score (nSPS) is 16.8. The topological polar surface area (TPSA) is 46.3 Å². The van der Waals surface area contributed by atoms with Gasteiger partial charge in [-0.2, -0.15) is 0 Å². The first-order valence-electron chi connectivity index (χ1n) is 6.30. The molecule has 3 nitrogen and oxygen atoms in total. The molecule has 0 unspecified atom stereocenters. The van der Waals surface area contributed by atoms with Gasteiger partial charge in [-0.3, -0.25) is 4.79 Å². The van der Waals surface area contributed by atoms with E-state index in [0.29, 0.717) is 6.54 Å². The van der Waals surface area contributed by atoms with E-state index < -0.39 is 5.54 Å². The summed E-state index contributed by atoms with van der Waals surface area (Å²) in [6.07, 6.45) is 3.57. The van der Waals surface area contributed by atoms with Gasteiger partial charge in [0.25, 0.3) is 0 Å². The van der Waals surface area contributed by atoms with E-state index in [0.717, 1.165) is 31.2 Å². The zero-order valence-electron chi connectivity index (χ0n) is 11.1. The fourth-order valence-electron chi connectivity index (χ4n) is 2.54. The molecule has 106 valence electrons. The highest BCUT2D eigenvalue weighted by Gasteiger charge is 2.38. The lowest BCUT2D eigenvalue weighted by atomic mass is 9.97. The van der Waals surface area contributed by atoms with Gasteiger partial charge in [0.2, 0.25) is 5.91 Å². The van der Waals surface area contributed by atoms with Crippen LogP contribution in [0.2, 0.25) is 0 Å². The van der Waals surface area contributed by atoms with Gasteiger partial charge in [0.05, 0.1) is 5.54 Å². The van der Waals surface area contributed by atoms with Gasteiger partial charge in [-0.15, -0.1) is 12.4 Å². The van der Waals surface area contributed by atoms with Gasteiger partial charge < -0.3 is 10.6 Å². The number of likely N-dealkylation sites (N-methyl/N-ethyl adjacent to an activating group) is 1. The molecule has 0 atom stereocenters. The minimum Gasteiger partial charge on any atom is -0.340 e. The molecule has 1 fully saturated rings. The maximum Gasteiger partial charge on any atom is 0.242 e. The SMILES string of the molecule is CN(Cc1ccc(F)cc1)C(=O)C1(N)CCCC1.Cl. The predicted molar refractivity (Wildman–Crippen MR) is 75.5 cm³/mol. The van der Waals surface area contributed by atoms with Crippen LogP contribution in [0.3, 0.4) is 0 Å². The molecule has 1 aromatic rings. The number of nitrogens with two attached hydrogens (primary N) is 1. The summed E-state index contributed by atoms with van der Waals surface area (Å²) >= 11 is 0. The monoisotopic (exact) mass is 286 g/mol. The summed E-state index contributed by atoms with van der Waals surface area (Å²) in [5.41, 5.74) is 6.36. The summed E-state index contributed by atoms with van der Waals surface area (Å²) in [6.45, 7) is 0.470. The highest BCUT2D eigenvalue weighted by atomic mass is 35.5. The molecule has 2 N–H and O–H groups in total. The third kappa shape index (κ3) is 3.67. The molecule has 2 rings (SSSR count). The largest absolute Gasteiger partial charge is 0.340 e. The van der Waals surface area contributed by atoms with E-state index in [2.05, 4.69) is 0 Å². The van der Waals surface area contributed by atoms with Gasteiger partial charge in [0.15, 0.2) is 0 Å². The van der Waals surface area contributed by atoms with Crippen LogP contribution in [-0.4, -0.2) is 23.4 Å². The van der Waals surface area contributed by atoms with Crippen LogP contribution in [-0.2, 0) is 11.3 Å². The average molecular weight is 287 g/mol.